The second kappa shape index (κ2) is 12.9. The fourth-order valence-electron chi connectivity index (χ4n) is 5.94. The molecule has 39 heavy (non-hydrogen) atoms. The molecule has 0 aliphatic carbocycles. The largest absolute Gasteiger partial charge is 0.481 e. The van der Waals surface area contributed by atoms with Gasteiger partial charge in [0, 0.05) is 18.9 Å². The molecule has 1 atom stereocenters. The molecular weight excluding hydrogens is 488 g/mol. The molecule has 3 heterocycles. The summed E-state index contributed by atoms with van der Waals surface area (Å²) in [6, 6.07) is 6.47. The highest BCUT2D eigenvalue weighted by Crippen LogP contribution is 2.40. The number of aliphatic carboxylic acids is 1. The number of carboxylic acid groups (broad SMARTS) is 1. The molecule has 1 saturated heterocycles. The van der Waals surface area contributed by atoms with Gasteiger partial charge in [0.05, 0.1) is 23.3 Å². The van der Waals surface area contributed by atoms with Crippen molar-refractivity contribution >= 4 is 5.97 Å². The number of rotatable bonds is 13. The van der Waals surface area contributed by atoms with Gasteiger partial charge in [-0.3, -0.25) is 9.69 Å². The molecule has 8 nitrogen and oxygen atoms in total. The SMILES string of the molecule is CCCc1n[nH]nc1CCC(c1ccc(C)c(Cn2ccnc2CN2CCC(CC)CC2)c1)C(C)(C)C(=O)O. The maximum atomic E-state index is 12.4. The van der Waals surface area contributed by atoms with Crippen molar-refractivity contribution < 1.29 is 9.90 Å². The zero-order valence-electron chi connectivity index (χ0n) is 24.4. The van der Waals surface area contributed by atoms with Crippen LogP contribution in [0.15, 0.2) is 30.6 Å². The Morgan fingerprint density at radius 1 is 1.13 bits per heavy atom. The Kier molecular flexibility index (Phi) is 9.59. The highest BCUT2D eigenvalue weighted by atomic mass is 16.4. The number of likely N-dealkylation sites (tertiary alicyclic amines) is 1. The molecule has 0 saturated carbocycles. The van der Waals surface area contributed by atoms with Crippen LogP contribution in [0.4, 0.5) is 0 Å². The van der Waals surface area contributed by atoms with Gasteiger partial charge >= 0.3 is 5.97 Å². The van der Waals surface area contributed by atoms with E-state index in [-0.39, 0.29) is 5.92 Å². The third-order valence-corrected chi connectivity index (χ3v) is 8.85. The van der Waals surface area contributed by atoms with Gasteiger partial charge in [-0.1, -0.05) is 44.9 Å². The Balaban J connectivity index is 1.54. The normalized spacial score (nSPS) is 16.0. The second-order valence-corrected chi connectivity index (χ2v) is 11.9. The number of benzene rings is 1. The summed E-state index contributed by atoms with van der Waals surface area (Å²) >= 11 is 0. The summed E-state index contributed by atoms with van der Waals surface area (Å²) in [6.45, 7) is 14.1. The van der Waals surface area contributed by atoms with Crippen LogP contribution in [-0.2, 0) is 30.7 Å². The van der Waals surface area contributed by atoms with Crippen LogP contribution in [0.3, 0.4) is 0 Å². The summed E-state index contributed by atoms with van der Waals surface area (Å²) in [7, 11) is 0. The van der Waals surface area contributed by atoms with Gasteiger partial charge in [-0.2, -0.15) is 15.4 Å². The van der Waals surface area contributed by atoms with Crippen molar-refractivity contribution in [3.63, 3.8) is 0 Å². The van der Waals surface area contributed by atoms with E-state index in [0.717, 1.165) is 67.7 Å². The quantitative estimate of drug-likeness (QED) is 0.289. The van der Waals surface area contributed by atoms with Gasteiger partial charge in [0.25, 0.3) is 0 Å². The molecule has 1 aliphatic heterocycles. The molecule has 8 heteroatoms. The Morgan fingerprint density at radius 3 is 2.51 bits per heavy atom. The third kappa shape index (κ3) is 6.96. The van der Waals surface area contributed by atoms with E-state index >= 15 is 0 Å². The van der Waals surface area contributed by atoms with Gasteiger partial charge in [-0.15, -0.1) is 0 Å². The highest BCUT2D eigenvalue weighted by Gasteiger charge is 2.38. The van der Waals surface area contributed by atoms with E-state index in [1.807, 2.05) is 20.0 Å². The van der Waals surface area contributed by atoms with Crippen molar-refractivity contribution in [1.29, 1.82) is 0 Å². The summed E-state index contributed by atoms with van der Waals surface area (Å²) in [5.74, 6) is 0.999. The van der Waals surface area contributed by atoms with Gasteiger partial charge in [0.1, 0.15) is 5.82 Å². The van der Waals surface area contributed by atoms with Gasteiger partial charge in [0.2, 0.25) is 0 Å². The molecular formula is C31H46N6O2. The highest BCUT2D eigenvalue weighted by molar-refractivity contribution is 5.75. The number of hydrogen-bond acceptors (Lipinski definition) is 5. The van der Waals surface area contributed by atoms with Crippen LogP contribution in [0.5, 0.6) is 0 Å². The number of aromatic nitrogens is 5. The monoisotopic (exact) mass is 534 g/mol. The minimum Gasteiger partial charge on any atom is -0.481 e. The van der Waals surface area contributed by atoms with Crippen LogP contribution in [0.2, 0.25) is 0 Å². The number of nitrogens with one attached hydrogen (secondary N) is 1. The van der Waals surface area contributed by atoms with Crippen molar-refractivity contribution in [1.82, 2.24) is 29.9 Å². The molecule has 0 amide bonds. The molecule has 0 radical (unpaired) electrons. The number of imidazole rings is 1. The zero-order valence-corrected chi connectivity index (χ0v) is 24.4. The number of carboxylic acids is 1. The van der Waals surface area contributed by atoms with Crippen LogP contribution in [0, 0.1) is 18.3 Å². The first-order chi connectivity index (χ1) is 18.7. The minimum atomic E-state index is -0.925. The van der Waals surface area contributed by atoms with Gasteiger partial charge in [0.15, 0.2) is 0 Å². The van der Waals surface area contributed by atoms with Crippen LogP contribution in [0.1, 0.15) is 99.6 Å². The number of aromatic amines is 1. The predicted molar refractivity (Wildman–Crippen MR) is 154 cm³/mol. The number of nitrogens with zero attached hydrogens (tertiary/aromatic N) is 5. The van der Waals surface area contributed by atoms with Crippen molar-refractivity contribution in [2.24, 2.45) is 11.3 Å². The lowest BCUT2D eigenvalue weighted by Gasteiger charge is -2.32. The molecule has 2 N–H and O–H groups in total. The summed E-state index contributed by atoms with van der Waals surface area (Å²) in [5, 5.41) is 21.6. The number of carbonyl (C=O) groups is 1. The lowest BCUT2D eigenvalue weighted by atomic mass is 9.72. The Bertz CT molecular complexity index is 1220. The summed E-state index contributed by atoms with van der Waals surface area (Å²) in [5.41, 5.74) is 4.48. The number of hydrogen-bond donors (Lipinski definition) is 2. The van der Waals surface area contributed by atoms with E-state index < -0.39 is 11.4 Å². The van der Waals surface area contributed by atoms with E-state index in [0.29, 0.717) is 12.8 Å². The summed E-state index contributed by atoms with van der Waals surface area (Å²) in [6.07, 6.45) is 11.0. The molecule has 2 aromatic heterocycles. The smallest absolute Gasteiger partial charge is 0.309 e. The lowest BCUT2D eigenvalue weighted by Crippen LogP contribution is -2.34. The molecule has 1 aliphatic rings. The third-order valence-electron chi connectivity index (χ3n) is 8.85. The molecule has 1 fully saturated rings. The van der Waals surface area contributed by atoms with E-state index in [2.05, 4.69) is 70.0 Å². The van der Waals surface area contributed by atoms with E-state index in [1.165, 1.54) is 30.4 Å². The Morgan fingerprint density at radius 2 is 1.85 bits per heavy atom. The van der Waals surface area contributed by atoms with Crippen LogP contribution >= 0.6 is 0 Å². The fraction of sp³-hybridized carbons (Fsp3) is 0.613. The average molecular weight is 535 g/mol. The number of H-pyrrole nitrogens is 1. The predicted octanol–water partition coefficient (Wildman–Crippen LogP) is 5.76. The summed E-state index contributed by atoms with van der Waals surface area (Å²) in [4.78, 5) is 19.6. The van der Waals surface area contributed by atoms with Crippen molar-refractivity contribution in [3.05, 3.63) is 64.5 Å². The van der Waals surface area contributed by atoms with E-state index in [9.17, 15) is 9.90 Å². The second-order valence-electron chi connectivity index (χ2n) is 11.9. The first kappa shape index (κ1) is 29.0. The van der Waals surface area contributed by atoms with Crippen molar-refractivity contribution in [2.75, 3.05) is 13.1 Å². The van der Waals surface area contributed by atoms with Crippen molar-refractivity contribution in [2.45, 2.75) is 98.6 Å². The summed E-state index contributed by atoms with van der Waals surface area (Å²) < 4.78 is 2.25. The molecule has 0 bridgehead atoms. The average Bonchev–Trinajstić information content (AvgIpc) is 3.55. The number of aryl methyl sites for hydroxylation is 3. The molecule has 1 aromatic carbocycles. The zero-order chi connectivity index (χ0) is 28.0. The van der Waals surface area contributed by atoms with E-state index in [1.54, 1.807) is 0 Å². The maximum Gasteiger partial charge on any atom is 0.309 e. The van der Waals surface area contributed by atoms with Gasteiger partial charge in [-0.25, -0.2) is 4.98 Å². The molecule has 212 valence electrons. The Hall–Kier alpha value is -3.00. The van der Waals surface area contributed by atoms with Crippen LogP contribution in [0.25, 0.3) is 0 Å². The maximum absolute atomic E-state index is 12.4. The molecule has 4 rings (SSSR count). The molecule has 3 aromatic rings. The van der Waals surface area contributed by atoms with Crippen molar-refractivity contribution in [3.8, 4) is 0 Å². The molecule has 1 unspecified atom stereocenters. The topological polar surface area (TPSA) is 99.9 Å². The lowest BCUT2D eigenvalue weighted by molar-refractivity contribution is -0.148. The fourth-order valence-corrected chi connectivity index (χ4v) is 5.94. The van der Waals surface area contributed by atoms with E-state index in [4.69, 9.17) is 4.98 Å². The standard InChI is InChI=1S/C31H46N6O2/c1-6-8-27-28(34-35-33-27)12-11-26(31(4,5)30(38)39)24-10-9-22(3)25(19-24)20-37-18-15-32-29(37)21-36-16-13-23(7-2)14-17-36/h9-10,15,18-19,23,26H,6-8,11-14,16-17,20-21H2,1-5H3,(H,38,39)(H,33,34,35). The van der Waals surface area contributed by atoms with Crippen LogP contribution in [-0.4, -0.2) is 54.0 Å². The first-order valence-electron chi connectivity index (χ1n) is 14.7. The molecule has 0 spiro atoms. The first-order valence-corrected chi connectivity index (χ1v) is 14.7. The van der Waals surface area contributed by atoms with Gasteiger partial charge in [-0.05, 0) is 94.5 Å². The number of piperidine rings is 1. The van der Waals surface area contributed by atoms with Gasteiger partial charge < -0.3 is 9.67 Å². The minimum absolute atomic E-state index is 0.164. The van der Waals surface area contributed by atoms with Crippen LogP contribution < -0.4 is 0 Å². The Labute approximate surface area is 233 Å².